The van der Waals surface area contributed by atoms with Crippen molar-refractivity contribution in [3.05, 3.63) is 48.5 Å². The zero-order chi connectivity index (χ0) is 16.7. The van der Waals surface area contributed by atoms with Gasteiger partial charge in [0.1, 0.15) is 0 Å². The first-order chi connectivity index (χ1) is 11.6. The van der Waals surface area contributed by atoms with Crippen LogP contribution in [0.15, 0.2) is 26.8 Å². The van der Waals surface area contributed by atoms with E-state index in [0.29, 0.717) is 6.54 Å². The van der Waals surface area contributed by atoms with E-state index < -0.39 is 0 Å². The van der Waals surface area contributed by atoms with Crippen LogP contribution in [-0.4, -0.2) is 33.2 Å². The average molecular weight is 408 g/mol. The molecule has 0 spiro atoms. The number of fused-ring (bicyclic) bond motifs is 1. The predicted molar refractivity (Wildman–Crippen MR) is 96.6 cm³/mol. The summed E-state index contributed by atoms with van der Waals surface area (Å²) in [5.74, 6) is 0.0578. The number of carbonyl (C=O) groups excluding carboxylic acids is 1. The van der Waals surface area contributed by atoms with Crippen LogP contribution in [0.4, 0.5) is 0 Å². The molecular weight excluding hydrogens is 390 g/mol. The highest BCUT2D eigenvalue weighted by atomic mass is 79.9. The summed E-state index contributed by atoms with van der Waals surface area (Å²) in [5, 5.41) is 6.47. The summed E-state index contributed by atoms with van der Waals surface area (Å²) in [7, 11) is 0. The molecule has 1 amide bonds. The van der Waals surface area contributed by atoms with E-state index in [-0.39, 0.29) is 17.5 Å². The molecule has 126 valence electrons. The minimum absolute atomic E-state index is 0.0445. The molecule has 1 fully saturated rings. The largest absolute Gasteiger partial charge is 0.333 e. The minimum Gasteiger partial charge on any atom is -0.333 e. The molecule has 1 saturated heterocycles. The van der Waals surface area contributed by atoms with Gasteiger partial charge in [0, 0.05) is 22.5 Å². The van der Waals surface area contributed by atoms with Gasteiger partial charge >= 0.3 is 0 Å². The Hall–Kier alpha value is -1.47. The number of carbonyl (C=O) groups is 1. The molecule has 2 aliphatic rings. The van der Waals surface area contributed by atoms with E-state index in [9.17, 15) is 9.59 Å². The van der Waals surface area contributed by atoms with Gasteiger partial charge in [-0.25, -0.2) is 4.68 Å². The molecule has 0 radical (unpaired) electrons. The molecule has 1 aliphatic heterocycles. The standard InChI is InChI=1S/C17H18BrN3O2S/c18-12-8-15(24-10-12)17(23)20-6-2-4-13(20)9-21-16(22)7-11-3-1-5-14(11)19-21/h7-8,10,13H,1-6,9H2. The van der Waals surface area contributed by atoms with Crippen molar-refractivity contribution in [3.63, 3.8) is 0 Å². The van der Waals surface area contributed by atoms with Crippen LogP contribution in [0.3, 0.4) is 0 Å². The number of halogens is 1. The van der Waals surface area contributed by atoms with Crippen LogP contribution in [0.5, 0.6) is 0 Å². The Morgan fingerprint density at radius 2 is 2.21 bits per heavy atom. The first-order valence-electron chi connectivity index (χ1n) is 8.27. The van der Waals surface area contributed by atoms with Crippen LogP contribution in [0.2, 0.25) is 0 Å². The topological polar surface area (TPSA) is 55.2 Å². The van der Waals surface area contributed by atoms with Crippen molar-refractivity contribution in [3.8, 4) is 0 Å². The Labute approximate surface area is 152 Å². The molecule has 2 aromatic rings. The van der Waals surface area contributed by atoms with Crippen LogP contribution in [-0.2, 0) is 19.4 Å². The van der Waals surface area contributed by atoms with Crippen molar-refractivity contribution in [2.24, 2.45) is 0 Å². The number of hydrogen-bond donors (Lipinski definition) is 0. The maximum absolute atomic E-state index is 12.7. The summed E-state index contributed by atoms with van der Waals surface area (Å²) in [6.07, 6.45) is 4.88. The van der Waals surface area contributed by atoms with Gasteiger partial charge < -0.3 is 4.90 Å². The van der Waals surface area contributed by atoms with Crippen molar-refractivity contribution in [1.29, 1.82) is 0 Å². The maximum Gasteiger partial charge on any atom is 0.267 e. The van der Waals surface area contributed by atoms with E-state index in [1.54, 1.807) is 10.7 Å². The molecule has 2 aromatic heterocycles. The predicted octanol–water partition coefficient (Wildman–Crippen LogP) is 2.86. The van der Waals surface area contributed by atoms with Crippen molar-refractivity contribution in [2.75, 3.05) is 6.54 Å². The van der Waals surface area contributed by atoms with Crippen molar-refractivity contribution in [2.45, 2.75) is 44.7 Å². The number of aromatic nitrogens is 2. The SMILES string of the molecule is O=C(c1cc(Br)cs1)N1CCCC1Cn1nc2c(cc1=O)CCC2. The number of aryl methyl sites for hydroxylation is 2. The van der Waals surface area contributed by atoms with Gasteiger partial charge in [0.25, 0.3) is 11.5 Å². The second-order valence-corrected chi connectivity index (χ2v) is 8.24. The third-order valence-corrected chi connectivity index (χ3v) is 6.50. The number of likely N-dealkylation sites (tertiary alicyclic amines) is 1. The molecule has 4 rings (SSSR count). The molecular formula is C17H18BrN3O2S. The van der Waals surface area contributed by atoms with E-state index in [1.165, 1.54) is 11.3 Å². The second-order valence-electron chi connectivity index (χ2n) is 6.41. The Morgan fingerprint density at radius 3 is 3.00 bits per heavy atom. The van der Waals surface area contributed by atoms with E-state index >= 15 is 0 Å². The first-order valence-corrected chi connectivity index (χ1v) is 9.94. The normalized spacial score (nSPS) is 19.7. The molecule has 7 heteroatoms. The van der Waals surface area contributed by atoms with Crippen LogP contribution in [0.1, 0.15) is 40.2 Å². The summed E-state index contributed by atoms with van der Waals surface area (Å²) >= 11 is 4.85. The first kappa shape index (κ1) is 16.0. The number of thiophene rings is 1. The lowest BCUT2D eigenvalue weighted by molar-refractivity contribution is 0.0725. The Bertz CT molecular complexity index is 845. The Kier molecular flexibility index (Phi) is 4.30. The molecule has 3 heterocycles. The average Bonchev–Trinajstić information content (AvgIpc) is 3.28. The van der Waals surface area contributed by atoms with Gasteiger partial charge in [0.2, 0.25) is 0 Å². The minimum atomic E-state index is -0.0474. The van der Waals surface area contributed by atoms with Gasteiger partial charge in [-0.1, -0.05) is 0 Å². The molecule has 0 N–H and O–H groups in total. The molecule has 1 aliphatic carbocycles. The van der Waals surface area contributed by atoms with E-state index in [4.69, 9.17) is 0 Å². The smallest absolute Gasteiger partial charge is 0.267 e. The second kappa shape index (κ2) is 6.44. The van der Waals surface area contributed by atoms with Crippen LogP contribution in [0, 0.1) is 0 Å². The fourth-order valence-corrected chi connectivity index (χ4v) is 5.01. The summed E-state index contributed by atoms with van der Waals surface area (Å²) in [5.41, 5.74) is 2.10. The highest BCUT2D eigenvalue weighted by Crippen LogP contribution is 2.26. The third-order valence-electron chi connectivity index (χ3n) is 4.82. The van der Waals surface area contributed by atoms with Crippen molar-refractivity contribution in [1.82, 2.24) is 14.7 Å². The molecule has 24 heavy (non-hydrogen) atoms. The third kappa shape index (κ3) is 2.95. The van der Waals surface area contributed by atoms with Crippen molar-refractivity contribution >= 4 is 33.2 Å². The number of amides is 1. The summed E-state index contributed by atoms with van der Waals surface area (Å²) in [6, 6.07) is 3.64. The molecule has 1 unspecified atom stereocenters. The van der Waals surface area contributed by atoms with Gasteiger partial charge in [0.15, 0.2) is 0 Å². The van der Waals surface area contributed by atoms with E-state index in [1.807, 2.05) is 16.3 Å². The zero-order valence-electron chi connectivity index (χ0n) is 13.2. The highest BCUT2D eigenvalue weighted by Gasteiger charge is 2.31. The van der Waals surface area contributed by atoms with E-state index in [2.05, 4.69) is 21.0 Å². The lowest BCUT2D eigenvalue weighted by Crippen LogP contribution is -2.40. The highest BCUT2D eigenvalue weighted by molar-refractivity contribution is 9.10. The Balaban J connectivity index is 1.56. The summed E-state index contributed by atoms with van der Waals surface area (Å²) in [6.45, 7) is 1.24. The van der Waals surface area contributed by atoms with Gasteiger partial charge in [0.05, 0.1) is 23.2 Å². The molecule has 0 saturated carbocycles. The summed E-state index contributed by atoms with van der Waals surface area (Å²) in [4.78, 5) is 27.7. The quantitative estimate of drug-likeness (QED) is 0.785. The van der Waals surface area contributed by atoms with Crippen LogP contribution in [0.25, 0.3) is 0 Å². The van der Waals surface area contributed by atoms with Crippen LogP contribution >= 0.6 is 27.3 Å². The number of rotatable bonds is 3. The van der Waals surface area contributed by atoms with Crippen molar-refractivity contribution < 1.29 is 4.79 Å². The molecule has 0 bridgehead atoms. The van der Waals surface area contributed by atoms with Gasteiger partial charge in [-0.3, -0.25) is 9.59 Å². The summed E-state index contributed by atoms with van der Waals surface area (Å²) < 4.78 is 2.49. The lowest BCUT2D eigenvalue weighted by Gasteiger charge is -2.24. The number of hydrogen-bond acceptors (Lipinski definition) is 4. The van der Waals surface area contributed by atoms with Gasteiger partial charge in [-0.2, -0.15) is 5.10 Å². The maximum atomic E-state index is 12.7. The fourth-order valence-electron chi connectivity index (χ4n) is 3.63. The zero-order valence-corrected chi connectivity index (χ0v) is 15.6. The van der Waals surface area contributed by atoms with Gasteiger partial charge in [-0.05, 0) is 59.7 Å². The fraction of sp³-hybridized carbons (Fsp3) is 0.471. The molecule has 0 aromatic carbocycles. The lowest BCUT2D eigenvalue weighted by atomic mass is 10.2. The number of nitrogens with zero attached hydrogens (tertiary/aromatic N) is 3. The van der Waals surface area contributed by atoms with Gasteiger partial charge in [-0.15, -0.1) is 11.3 Å². The monoisotopic (exact) mass is 407 g/mol. The molecule has 1 atom stereocenters. The Morgan fingerprint density at radius 1 is 1.33 bits per heavy atom. The van der Waals surface area contributed by atoms with Crippen LogP contribution < -0.4 is 5.56 Å². The molecule has 5 nitrogen and oxygen atoms in total. The van der Waals surface area contributed by atoms with E-state index in [0.717, 1.165) is 59.3 Å².